The summed E-state index contributed by atoms with van der Waals surface area (Å²) >= 11 is 0. The molecular formula is C28H30N4O2. The summed E-state index contributed by atoms with van der Waals surface area (Å²) in [6.45, 7) is 3.38. The normalized spacial score (nSPS) is 18.4. The van der Waals surface area contributed by atoms with Crippen molar-refractivity contribution in [1.29, 1.82) is 5.26 Å². The van der Waals surface area contributed by atoms with Gasteiger partial charge in [0, 0.05) is 13.1 Å². The molecular weight excluding hydrogens is 424 g/mol. The van der Waals surface area contributed by atoms with Crippen LogP contribution in [-0.4, -0.2) is 34.7 Å². The Hall–Kier alpha value is -3.56. The zero-order valence-corrected chi connectivity index (χ0v) is 19.3. The van der Waals surface area contributed by atoms with Crippen molar-refractivity contribution in [2.45, 2.75) is 38.1 Å². The van der Waals surface area contributed by atoms with Crippen LogP contribution >= 0.6 is 0 Å². The largest absolute Gasteiger partial charge is 0.507 e. The van der Waals surface area contributed by atoms with Crippen molar-refractivity contribution >= 4 is 5.82 Å². The van der Waals surface area contributed by atoms with Crippen molar-refractivity contribution in [2.24, 2.45) is 5.92 Å². The standard InChI is InChI=1S/C28H30N4O2/c29-15-23-22(21-8-5-13-32(17-21)16-19-6-2-1-3-7-19)14-24(31-28(23)30)27-25(33)9-4-10-26(27)34-18-20-11-12-20/h1-4,6-7,9-10,14,20-21,33H,5,8,11-13,16-18H2,(H2,30,31). The summed E-state index contributed by atoms with van der Waals surface area (Å²) in [6.07, 6.45) is 4.39. The topological polar surface area (TPSA) is 95.4 Å². The highest BCUT2D eigenvalue weighted by atomic mass is 16.5. The zero-order valence-electron chi connectivity index (χ0n) is 19.3. The number of pyridine rings is 1. The van der Waals surface area contributed by atoms with Gasteiger partial charge in [-0.15, -0.1) is 0 Å². The molecule has 1 atom stereocenters. The van der Waals surface area contributed by atoms with Gasteiger partial charge < -0.3 is 15.6 Å². The minimum Gasteiger partial charge on any atom is -0.507 e. The highest BCUT2D eigenvalue weighted by molar-refractivity contribution is 5.76. The Morgan fingerprint density at radius 1 is 1.12 bits per heavy atom. The minimum atomic E-state index is 0.102. The molecule has 1 aliphatic carbocycles. The summed E-state index contributed by atoms with van der Waals surface area (Å²) in [5.74, 6) is 1.65. The average Bonchev–Trinajstić information content (AvgIpc) is 3.68. The second-order valence-electron chi connectivity index (χ2n) is 9.43. The average molecular weight is 455 g/mol. The van der Waals surface area contributed by atoms with Gasteiger partial charge in [-0.2, -0.15) is 5.26 Å². The third kappa shape index (κ3) is 4.85. The molecule has 2 aliphatic rings. The van der Waals surface area contributed by atoms with Crippen LogP contribution in [0.5, 0.6) is 11.5 Å². The Morgan fingerprint density at radius 2 is 1.94 bits per heavy atom. The second kappa shape index (κ2) is 9.74. The van der Waals surface area contributed by atoms with Crippen LogP contribution in [0.2, 0.25) is 0 Å². The van der Waals surface area contributed by atoms with Crippen LogP contribution in [0.1, 0.15) is 48.3 Å². The molecule has 3 aromatic rings. The number of nitriles is 1. The number of piperidine rings is 1. The fourth-order valence-electron chi connectivity index (χ4n) is 4.84. The van der Waals surface area contributed by atoms with E-state index in [1.54, 1.807) is 12.1 Å². The maximum absolute atomic E-state index is 10.7. The molecule has 5 rings (SSSR count). The van der Waals surface area contributed by atoms with E-state index in [0.29, 0.717) is 35.1 Å². The summed E-state index contributed by atoms with van der Waals surface area (Å²) < 4.78 is 6.05. The van der Waals surface area contributed by atoms with Gasteiger partial charge in [-0.3, -0.25) is 4.90 Å². The Balaban J connectivity index is 1.47. The lowest BCUT2D eigenvalue weighted by atomic mass is 9.87. The molecule has 0 spiro atoms. The molecule has 1 saturated heterocycles. The van der Waals surface area contributed by atoms with Gasteiger partial charge in [0.05, 0.1) is 23.4 Å². The molecule has 1 aromatic heterocycles. The van der Waals surface area contributed by atoms with Crippen molar-refractivity contribution in [1.82, 2.24) is 9.88 Å². The number of nitrogens with two attached hydrogens (primary N) is 1. The maximum atomic E-state index is 10.7. The van der Waals surface area contributed by atoms with Crippen LogP contribution in [0, 0.1) is 17.2 Å². The predicted octanol–water partition coefficient (Wildman–Crippen LogP) is 5.08. The third-order valence-electron chi connectivity index (χ3n) is 6.82. The van der Waals surface area contributed by atoms with Gasteiger partial charge in [-0.1, -0.05) is 36.4 Å². The number of aromatic nitrogens is 1. The predicted molar refractivity (Wildman–Crippen MR) is 132 cm³/mol. The van der Waals surface area contributed by atoms with Crippen LogP contribution in [0.25, 0.3) is 11.3 Å². The van der Waals surface area contributed by atoms with Crippen molar-refractivity contribution < 1.29 is 9.84 Å². The van der Waals surface area contributed by atoms with Gasteiger partial charge in [-0.25, -0.2) is 4.98 Å². The lowest BCUT2D eigenvalue weighted by Crippen LogP contribution is -2.34. The molecule has 0 amide bonds. The van der Waals surface area contributed by atoms with Gasteiger partial charge >= 0.3 is 0 Å². The summed E-state index contributed by atoms with van der Waals surface area (Å²) in [6, 6.07) is 19.9. The first-order valence-electron chi connectivity index (χ1n) is 12.0. The second-order valence-corrected chi connectivity index (χ2v) is 9.43. The SMILES string of the molecule is N#Cc1c(C2CCCN(Cc3ccccc3)C2)cc(-c2c(O)cccc2OCC2CC2)nc1N. The van der Waals surface area contributed by atoms with Crippen LogP contribution in [0.4, 0.5) is 5.82 Å². The summed E-state index contributed by atoms with van der Waals surface area (Å²) in [4.78, 5) is 6.96. The number of hydrogen-bond acceptors (Lipinski definition) is 6. The summed E-state index contributed by atoms with van der Waals surface area (Å²) in [7, 11) is 0. The number of likely N-dealkylation sites (tertiary alicyclic amines) is 1. The minimum absolute atomic E-state index is 0.102. The van der Waals surface area contributed by atoms with E-state index in [1.807, 2.05) is 18.2 Å². The highest BCUT2D eigenvalue weighted by Crippen LogP contribution is 2.41. The molecule has 6 nitrogen and oxygen atoms in total. The fraction of sp³-hybridized carbons (Fsp3) is 0.357. The van der Waals surface area contributed by atoms with E-state index in [2.05, 4.69) is 40.2 Å². The zero-order chi connectivity index (χ0) is 23.5. The summed E-state index contributed by atoms with van der Waals surface area (Å²) in [5, 5.41) is 20.6. The van der Waals surface area contributed by atoms with Crippen molar-refractivity contribution in [3.05, 3.63) is 71.3 Å². The summed E-state index contributed by atoms with van der Waals surface area (Å²) in [5.41, 5.74) is 10.0. The molecule has 0 bridgehead atoms. The molecule has 0 radical (unpaired) electrons. The van der Waals surface area contributed by atoms with Crippen LogP contribution in [0.3, 0.4) is 0 Å². The number of nitrogen functional groups attached to an aromatic ring is 1. The Morgan fingerprint density at radius 3 is 2.71 bits per heavy atom. The van der Waals surface area contributed by atoms with Crippen LogP contribution < -0.4 is 10.5 Å². The van der Waals surface area contributed by atoms with Gasteiger partial charge in [0.25, 0.3) is 0 Å². The van der Waals surface area contributed by atoms with E-state index in [0.717, 1.165) is 38.0 Å². The third-order valence-corrected chi connectivity index (χ3v) is 6.82. The molecule has 2 aromatic carbocycles. The molecule has 1 saturated carbocycles. The molecule has 174 valence electrons. The Kier molecular flexibility index (Phi) is 6.37. The number of rotatable bonds is 7. The number of hydrogen-bond donors (Lipinski definition) is 2. The number of phenolic OH excluding ortho intramolecular Hbond substituents is 1. The quantitative estimate of drug-likeness (QED) is 0.517. The van der Waals surface area contributed by atoms with Crippen LogP contribution in [-0.2, 0) is 6.54 Å². The van der Waals surface area contributed by atoms with E-state index in [4.69, 9.17) is 10.5 Å². The van der Waals surface area contributed by atoms with E-state index in [-0.39, 0.29) is 17.5 Å². The van der Waals surface area contributed by atoms with E-state index in [9.17, 15) is 10.4 Å². The van der Waals surface area contributed by atoms with E-state index < -0.39 is 0 Å². The first-order chi connectivity index (χ1) is 16.6. The van der Waals surface area contributed by atoms with Gasteiger partial charge in [-0.05, 0) is 73.4 Å². The Bertz CT molecular complexity index is 1200. The number of anilines is 1. The number of nitrogens with zero attached hydrogens (tertiary/aromatic N) is 3. The van der Waals surface area contributed by atoms with Crippen LogP contribution in [0.15, 0.2) is 54.6 Å². The first kappa shape index (κ1) is 22.2. The van der Waals surface area contributed by atoms with Crippen molar-refractivity contribution in [2.75, 3.05) is 25.4 Å². The number of phenols is 1. The number of ether oxygens (including phenoxy) is 1. The number of aromatic hydroxyl groups is 1. The molecule has 2 fully saturated rings. The van der Waals surface area contributed by atoms with E-state index >= 15 is 0 Å². The molecule has 2 heterocycles. The number of benzene rings is 2. The molecule has 34 heavy (non-hydrogen) atoms. The lowest BCUT2D eigenvalue weighted by Gasteiger charge is -2.33. The van der Waals surface area contributed by atoms with Gasteiger partial charge in [0.2, 0.25) is 0 Å². The lowest BCUT2D eigenvalue weighted by molar-refractivity contribution is 0.200. The molecule has 1 unspecified atom stereocenters. The first-order valence-corrected chi connectivity index (χ1v) is 12.0. The van der Waals surface area contributed by atoms with Gasteiger partial charge in [0.1, 0.15) is 23.4 Å². The maximum Gasteiger partial charge on any atom is 0.142 e. The van der Waals surface area contributed by atoms with Crippen molar-refractivity contribution in [3.8, 4) is 28.8 Å². The highest BCUT2D eigenvalue weighted by Gasteiger charge is 2.27. The molecule has 1 aliphatic heterocycles. The Labute approximate surface area is 200 Å². The van der Waals surface area contributed by atoms with Gasteiger partial charge in [0.15, 0.2) is 0 Å². The molecule has 3 N–H and O–H groups in total. The fourth-order valence-corrected chi connectivity index (χ4v) is 4.84. The molecule has 6 heteroatoms. The van der Waals surface area contributed by atoms with E-state index in [1.165, 1.54) is 18.4 Å². The van der Waals surface area contributed by atoms with Crippen molar-refractivity contribution in [3.63, 3.8) is 0 Å². The monoisotopic (exact) mass is 454 g/mol. The smallest absolute Gasteiger partial charge is 0.142 e.